The van der Waals surface area contributed by atoms with Gasteiger partial charge in [0.05, 0.1) is 6.04 Å². The third-order valence-electron chi connectivity index (χ3n) is 7.58. The van der Waals surface area contributed by atoms with E-state index in [2.05, 4.69) is 45.0 Å². The fraction of sp³-hybridized carbons (Fsp3) is 0.448. The Kier molecular flexibility index (Phi) is 6.73. The average Bonchev–Trinajstić information content (AvgIpc) is 2.80. The Bertz CT molecular complexity index is 1010. The lowest BCUT2D eigenvalue weighted by Crippen LogP contribution is -2.45. The molecule has 174 valence electrons. The van der Waals surface area contributed by atoms with Crippen LogP contribution in [-0.4, -0.2) is 22.9 Å². The summed E-state index contributed by atoms with van der Waals surface area (Å²) in [5.74, 6) is 0.768. The van der Waals surface area contributed by atoms with Crippen LogP contribution < -0.4 is 0 Å². The highest BCUT2D eigenvalue weighted by Gasteiger charge is 2.43. The smallest absolute Gasteiger partial charge is 0.414 e. The molecule has 1 heterocycles. The number of carbonyl (C=O) groups excluding carboxylic acids is 2. The minimum Gasteiger partial charge on any atom is -0.446 e. The number of ether oxygens (including phenoxy) is 1. The normalized spacial score (nSPS) is 25.7. The third kappa shape index (κ3) is 5.05. The second-order valence-corrected chi connectivity index (χ2v) is 10.4. The zero-order valence-electron chi connectivity index (χ0n) is 20.2. The number of hydrogen-bond acceptors (Lipinski definition) is 3. The Morgan fingerprint density at radius 2 is 1.73 bits per heavy atom. The van der Waals surface area contributed by atoms with Crippen molar-refractivity contribution in [1.82, 2.24) is 4.90 Å². The molecule has 2 aliphatic rings. The Hall–Kier alpha value is -2.88. The molecule has 4 heteroatoms. The maximum Gasteiger partial charge on any atom is 0.414 e. The predicted octanol–water partition coefficient (Wildman–Crippen LogP) is 6.74. The quantitative estimate of drug-likeness (QED) is 0.523. The van der Waals surface area contributed by atoms with Crippen LogP contribution in [0.4, 0.5) is 4.79 Å². The highest BCUT2D eigenvalue weighted by molar-refractivity contribution is 5.92. The van der Waals surface area contributed by atoms with Crippen molar-refractivity contribution in [3.05, 3.63) is 83.6 Å². The summed E-state index contributed by atoms with van der Waals surface area (Å²) in [4.78, 5) is 27.3. The van der Waals surface area contributed by atoms with Gasteiger partial charge in [-0.15, -0.1) is 0 Å². The van der Waals surface area contributed by atoms with Gasteiger partial charge in [-0.2, -0.15) is 0 Å². The molecule has 1 aliphatic heterocycles. The molecule has 0 aromatic heterocycles. The van der Waals surface area contributed by atoms with Gasteiger partial charge < -0.3 is 4.74 Å². The summed E-state index contributed by atoms with van der Waals surface area (Å²) in [6.45, 7) is 8.79. The summed E-state index contributed by atoms with van der Waals surface area (Å²) < 4.78 is 6.26. The molecule has 1 aliphatic carbocycles. The van der Waals surface area contributed by atoms with Crippen molar-refractivity contribution in [1.29, 1.82) is 0 Å². The van der Waals surface area contributed by atoms with Crippen LogP contribution in [0.2, 0.25) is 0 Å². The first-order chi connectivity index (χ1) is 15.8. The summed E-state index contributed by atoms with van der Waals surface area (Å²) in [5.41, 5.74) is 3.25. The molecule has 4 nitrogen and oxygen atoms in total. The number of rotatable bonds is 4. The fourth-order valence-electron chi connectivity index (χ4n) is 5.44. The van der Waals surface area contributed by atoms with Crippen molar-refractivity contribution in [2.75, 3.05) is 0 Å². The average molecular weight is 446 g/mol. The van der Waals surface area contributed by atoms with E-state index in [4.69, 9.17) is 4.74 Å². The van der Waals surface area contributed by atoms with Crippen LogP contribution in [0.3, 0.4) is 0 Å². The van der Waals surface area contributed by atoms with Crippen molar-refractivity contribution in [2.24, 2.45) is 11.8 Å². The van der Waals surface area contributed by atoms with E-state index in [-0.39, 0.29) is 41.8 Å². The van der Waals surface area contributed by atoms with Crippen LogP contribution in [0, 0.1) is 18.8 Å². The van der Waals surface area contributed by atoms with E-state index in [1.54, 1.807) is 11.1 Å². The lowest BCUT2D eigenvalue weighted by Gasteiger charge is -2.44. The summed E-state index contributed by atoms with van der Waals surface area (Å²) in [6, 6.07) is 18.2. The first-order valence-corrected chi connectivity index (χ1v) is 12.1. The van der Waals surface area contributed by atoms with Crippen molar-refractivity contribution < 1.29 is 14.3 Å². The van der Waals surface area contributed by atoms with E-state index < -0.39 is 0 Å². The molecule has 1 amide bonds. The molecule has 1 saturated carbocycles. The van der Waals surface area contributed by atoms with Crippen LogP contribution in [0.25, 0.3) is 0 Å². The maximum atomic E-state index is 13.5. The molecule has 0 saturated heterocycles. The Balaban J connectivity index is 1.58. The second kappa shape index (κ2) is 9.54. The third-order valence-corrected chi connectivity index (χ3v) is 7.58. The van der Waals surface area contributed by atoms with E-state index in [9.17, 15) is 9.59 Å². The SMILES string of the molecule is Cc1ccc([C@H]2CC(=O)C=CN2C(=O)O[C@@H]2C[C@H](C)CC[C@H]2C(C)(C)c2ccccc2)cc1. The number of hydrogen-bond donors (Lipinski definition) is 0. The van der Waals surface area contributed by atoms with Gasteiger partial charge in [-0.1, -0.05) is 87.4 Å². The molecule has 2 aromatic rings. The van der Waals surface area contributed by atoms with E-state index >= 15 is 0 Å². The number of ketones is 1. The molecular weight excluding hydrogens is 410 g/mol. The number of amides is 1. The Morgan fingerprint density at radius 3 is 2.42 bits per heavy atom. The van der Waals surface area contributed by atoms with Crippen LogP contribution in [0.1, 0.15) is 69.2 Å². The highest BCUT2D eigenvalue weighted by Crippen LogP contribution is 2.44. The first-order valence-electron chi connectivity index (χ1n) is 12.1. The standard InChI is InChI=1S/C29H35NO3/c1-20-10-13-22(14-11-20)26-19-24(31)16-17-30(26)28(32)33-27-18-21(2)12-15-25(27)29(3,4)23-8-6-5-7-9-23/h5-11,13-14,16-17,21,25-27H,12,15,18-19H2,1-4H3/t21-,25-,26-,27-/m1/s1. The lowest BCUT2D eigenvalue weighted by atomic mass is 9.64. The molecule has 1 fully saturated rings. The monoisotopic (exact) mass is 445 g/mol. The van der Waals surface area contributed by atoms with Gasteiger partial charge >= 0.3 is 6.09 Å². The first kappa shape index (κ1) is 23.3. The summed E-state index contributed by atoms with van der Waals surface area (Å²) in [6.07, 6.45) is 5.85. The minimum atomic E-state index is -0.364. The van der Waals surface area contributed by atoms with Crippen molar-refractivity contribution in [2.45, 2.75) is 70.9 Å². The zero-order valence-corrected chi connectivity index (χ0v) is 20.2. The molecule has 0 unspecified atom stereocenters. The van der Waals surface area contributed by atoms with E-state index in [0.717, 1.165) is 30.4 Å². The molecule has 0 bridgehead atoms. The number of benzene rings is 2. The van der Waals surface area contributed by atoms with Gasteiger partial charge in [0.1, 0.15) is 6.10 Å². The Morgan fingerprint density at radius 1 is 1.03 bits per heavy atom. The van der Waals surface area contributed by atoms with Crippen LogP contribution in [0.15, 0.2) is 66.9 Å². The maximum absolute atomic E-state index is 13.5. The molecule has 2 aromatic carbocycles. The zero-order chi connectivity index (χ0) is 23.6. The molecule has 33 heavy (non-hydrogen) atoms. The van der Waals surface area contributed by atoms with Gasteiger partial charge in [-0.25, -0.2) is 4.79 Å². The van der Waals surface area contributed by atoms with Gasteiger partial charge in [0, 0.05) is 18.5 Å². The highest BCUT2D eigenvalue weighted by atomic mass is 16.6. The van der Waals surface area contributed by atoms with Crippen molar-refractivity contribution in [3.63, 3.8) is 0 Å². The molecule has 0 radical (unpaired) electrons. The van der Waals surface area contributed by atoms with Crippen LogP contribution in [0.5, 0.6) is 0 Å². The van der Waals surface area contributed by atoms with Crippen LogP contribution >= 0.6 is 0 Å². The summed E-state index contributed by atoms with van der Waals surface area (Å²) in [5, 5.41) is 0. The van der Waals surface area contributed by atoms with E-state index in [1.165, 1.54) is 11.6 Å². The minimum absolute atomic E-state index is 0.0269. The molecular formula is C29H35NO3. The predicted molar refractivity (Wildman–Crippen MR) is 131 cm³/mol. The van der Waals surface area contributed by atoms with Crippen LogP contribution in [-0.2, 0) is 14.9 Å². The van der Waals surface area contributed by atoms with Crippen molar-refractivity contribution >= 4 is 11.9 Å². The summed E-state index contributed by atoms with van der Waals surface area (Å²) in [7, 11) is 0. The van der Waals surface area contributed by atoms with E-state index in [1.807, 2.05) is 37.3 Å². The molecule has 0 N–H and O–H groups in total. The fourth-order valence-corrected chi connectivity index (χ4v) is 5.44. The van der Waals surface area contributed by atoms with Gasteiger partial charge in [0.25, 0.3) is 0 Å². The number of carbonyl (C=O) groups is 2. The number of aryl methyl sites for hydroxylation is 1. The largest absolute Gasteiger partial charge is 0.446 e. The van der Waals surface area contributed by atoms with Gasteiger partial charge in [0.15, 0.2) is 5.78 Å². The number of allylic oxidation sites excluding steroid dienone is 1. The topological polar surface area (TPSA) is 46.6 Å². The van der Waals surface area contributed by atoms with Gasteiger partial charge in [0.2, 0.25) is 0 Å². The van der Waals surface area contributed by atoms with Crippen molar-refractivity contribution in [3.8, 4) is 0 Å². The Labute approximate surface area is 197 Å². The molecule has 4 rings (SSSR count). The van der Waals surface area contributed by atoms with Gasteiger partial charge in [-0.3, -0.25) is 9.69 Å². The second-order valence-electron chi connectivity index (χ2n) is 10.4. The number of nitrogens with zero attached hydrogens (tertiary/aromatic N) is 1. The van der Waals surface area contributed by atoms with Gasteiger partial charge in [-0.05, 0) is 48.3 Å². The summed E-state index contributed by atoms with van der Waals surface area (Å²) >= 11 is 0. The molecule has 0 spiro atoms. The van der Waals surface area contributed by atoms with E-state index in [0.29, 0.717) is 5.92 Å². The lowest BCUT2D eigenvalue weighted by molar-refractivity contribution is -0.116. The molecule has 4 atom stereocenters.